The van der Waals surface area contributed by atoms with Gasteiger partial charge >= 0.3 is 0 Å². The van der Waals surface area contributed by atoms with Crippen LogP contribution >= 0.6 is 0 Å². The summed E-state index contributed by atoms with van der Waals surface area (Å²) in [6.07, 6.45) is -0.0325. The van der Waals surface area contributed by atoms with Crippen molar-refractivity contribution < 1.29 is 18.7 Å². The zero-order valence-corrected chi connectivity index (χ0v) is 14.3. The van der Waals surface area contributed by atoms with Crippen molar-refractivity contribution in [1.29, 1.82) is 0 Å². The molecule has 0 bridgehead atoms. The lowest BCUT2D eigenvalue weighted by molar-refractivity contribution is -0.121. The molecule has 0 aliphatic rings. The van der Waals surface area contributed by atoms with E-state index in [4.69, 9.17) is 4.74 Å². The van der Waals surface area contributed by atoms with Crippen LogP contribution in [0.1, 0.15) is 12.5 Å². The Labute approximate surface area is 146 Å². The first-order chi connectivity index (χ1) is 12.0. The molecule has 0 saturated carbocycles. The summed E-state index contributed by atoms with van der Waals surface area (Å²) in [6, 6.07) is 13.3. The zero-order chi connectivity index (χ0) is 18.2. The van der Waals surface area contributed by atoms with Crippen molar-refractivity contribution in [3.63, 3.8) is 0 Å². The number of halogens is 1. The number of methoxy groups -OCH3 is 1. The van der Waals surface area contributed by atoms with E-state index in [2.05, 4.69) is 5.32 Å². The highest BCUT2D eigenvalue weighted by Gasteiger charge is 2.12. The van der Waals surface area contributed by atoms with Crippen LogP contribution in [0.3, 0.4) is 0 Å². The topological polar surface area (TPSA) is 58.6 Å². The molecule has 132 valence electrons. The molecule has 0 unspecified atom stereocenters. The standard InChI is InChI=1S/C19H21FN2O3/c1-14(23)22(16-7-9-17(25-2)10-8-16)12-11-21-19(24)13-15-5-3-4-6-18(15)20/h3-10H,11-13H2,1-2H3,(H,21,24). The summed E-state index contributed by atoms with van der Waals surface area (Å²) >= 11 is 0. The number of hydrogen-bond donors (Lipinski definition) is 1. The third-order valence-electron chi connectivity index (χ3n) is 3.73. The van der Waals surface area contributed by atoms with Crippen molar-refractivity contribution in [3.8, 4) is 5.75 Å². The van der Waals surface area contributed by atoms with E-state index >= 15 is 0 Å². The summed E-state index contributed by atoms with van der Waals surface area (Å²) in [5.74, 6) is -0.122. The van der Waals surface area contributed by atoms with E-state index in [1.54, 1.807) is 54.5 Å². The molecule has 0 aromatic heterocycles. The largest absolute Gasteiger partial charge is 0.497 e. The molecule has 0 saturated heterocycles. The van der Waals surface area contributed by atoms with Crippen LogP contribution in [0.4, 0.5) is 10.1 Å². The van der Waals surface area contributed by atoms with Gasteiger partial charge in [0.05, 0.1) is 13.5 Å². The highest BCUT2D eigenvalue weighted by molar-refractivity contribution is 5.91. The molecule has 1 N–H and O–H groups in total. The van der Waals surface area contributed by atoms with Crippen LogP contribution in [-0.2, 0) is 16.0 Å². The van der Waals surface area contributed by atoms with Crippen molar-refractivity contribution in [1.82, 2.24) is 5.32 Å². The van der Waals surface area contributed by atoms with Gasteiger partial charge in [-0.1, -0.05) is 18.2 Å². The fourth-order valence-corrected chi connectivity index (χ4v) is 2.41. The molecule has 6 heteroatoms. The molecule has 0 radical (unpaired) electrons. The van der Waals surface area contributed by atoms with Gasteiger partial charge in [-0.2, -0.15) is 0 Å². The Morgan fingerprint density at radius 1 is 1.12 bits per heavy atom. The average Bonchev–Trinajstić information content (AvgIpc) is 2.60. The first kappa shape index (κ1) is 18.4. The molecule has 25 heavy (non-hydrogen) atoms. The van der Waals surface area contributed by atoms with Gasteiger partial charge in [0.2, 0.25) is 11.8 Å². The number of nitrogens with one attached hydrogen (secondary N) is 1. The second kappa shape index (κ2) is 8.82. The molecule has 2 aromatic carbocycles. The van der Waals surface area contributed by atoms with Gasteiger partial charge in [0, 0.05) is 25.7 Å². The van der Waals surface area contributed by atoms with E-state index in [1.165, 1.54) is 13.0 Å². The molecular weight excluding hydrogens is 323 g/mol. The number of carbonyl (C=O) groups is 2. The first-order valence-electron chi connectivity index (χ1n) is 7.93. The summed E-state index contributed by atoms with van der Waals surface area (Å²) in [5, 5.41) is 2.71. The minimum atomic E-state index is -0.402. The van der Waals surface area contributed by atoms with E-state index in [9.17, 15) is 14.0 Å². The van der Waals surface area contributed by atoms with Crippen molar-refractivity contribution in [3.05, 3.63) is 59.9 Å². The molecule has 0 heterocycles. The summed E-state index contributed by atoms with van der Waals surface area (Å²) in [7, 11) is 1.57. The minimum Gasteiger partial charge on any atom is -0.497 e. The Balaban J connectivity index is 1.89. The zero-order valence-electron chi connectivity index (χ0n) is 14.3. The van der Waals surface area contributed by atoms with E-state index < -0.39 is 5.82 Å². The number of benzene rings is 2. The van der Waals surface area contributed by atoms with Crippen molar-refractivity contribution in [2.45, 2.75) is 13.3 Å². The van der Waals surface area contributed by atoms with Gasteiger partial charge in [-0.05, 0) is 35.9 Å². The number of rotatable bonds is 7. The summed E-state index contributed by atoms with van der Waals surface area (Å²) in [4.78, 5) is 25.3. The minimum absolute atomic E-state index is 0.0325. The summed E-state index contributed by atoms with van der Waals surface area (Å²) in [6.45, 7) is 2.06. The van der Waals surface area contributed by atoms with Crippen molar-refractivity contribution in [2.75, 3.05) is 25.1 Å². The van der Waals surface area contributed by atoms with Gasteiger partial charge in [-0.3, -0.25) is 9.59 Å². The third kappa shape index (κ3) is 5.31. The number of hydrogen-bond acceptors (Lipinski definition) is 3. The lowest BCUT2D eigenvalue weighted by Gasteiger charge is -2.21. The van der Waals surface area contributed by atoms with E-state index in [-0.39, 0.29) is 24.8 Å². The maximum absolute atomic E-state index is 13.5. The maximum Gasteiger partial charge on any atom is 0.224 e. The Bertz CT molecular complexity index is 732. The Kier molecular flexibility index (Phi) is 6.51. The van der Waals surface area contributed by atoms with Crippen LogP contribution in [0.25, 0.3) is 0 Å². The lowest BCUT2D eigenvalue weighted by Crippen LogP contribution is -2.38. The molecule has 2 aromatic rings. The second-order valence-corrected chi connectivity index (χ2v) is 5.49. The normalized spacial score (nSPS) is 10.2. The Morgan fingerprint density at radius 3 is 2.40 bits per heavy atom. The van der Waals surface area contributed by atoms with Gasteiger partial charge in [0.15, 0.2) is 0 Å². The van der Waals surface area contributed by atoms with Crippen LogP contribution < -0.4 is 15.0 Å². The van der Waals surface area contributed by atoms with Crippen molar-refractivity contribution >= 4 is 17.5 Å². The first-order valence-corrected chi connectivity index (χ1v) is 7.93. The van der Waals surface area contributed by atoms with E-state index in [0.717, 1.165) is 5.69 Å². The smallest absolute Gasteiger partial charge is 0.224 e. The van der Waals surface area contributed by atoms with Gasteiger partial charge < -0.3 is 15.0 Å². The highest BCUT2D eigenvalue weighted by atomic mass is 19.1. The summed E-state index contributed by atoms with van der Waals surface area (Å²) < 4.78 is 18.6. The van der Waals surface area contributed by atoms with E-state index in [1.807, 2.05) is 0 Å². The van der Waals surface area contributed by atoms with Crippen LogP contribution in [0.15, 0.2) is 48.5 Å². The van der Waals surface area contributed by atoms with Gasteiger partial charge in [0.1, 0.15) is 11.6 Å². The lowest BCUT2D eigenvalue weighted by atomic mass is 10.1. The molecule has 0 aliphatic heterocycles. The maximum atomic E-state index is 13.5. The third-order valence-corrected chi connectivity index (χ3v) is 3.73. The number of anilines is 1. The monoisotopic (exact) mass is 344 g/mol. The van der Waals surface area contributed by atoms with Crippen LogP contribution in [0.2, 0.25) is 0 Å². The van der Waals surface area contributed by atoms with E-state index in [0.29, 0.717) is 17.9 Å². The molecular formula is C19H21FN2O3. The molecule has 0 spiro atoms. The number of carbonyl (C=O) groups excluding carboxylic acids is 2. The van der Waals surface area contributed by atoms with Crippen LogP contribution in [-0.4, -0.2) is 32.0 Å². The van der Waals surface area contributed by atoms with Gasteiger partial charge in [-0.25, -0.2) is 4.39 Å². The van der Waals surface area contributed by atoms with Crippen LogP contribution in [0.5, 0.6) is 5.75 Å². The number of ether oxygens (including phenoxy) is 1. The Hall–Kier alpha value is -2.89. The van der Waals surface area contributed by atoms with Crippen LogP contribution in [0, 0.1) is 5.82 Å². The number of amides is 2. The second-order valence-electron chi connectivity index (χ2n) is 5.49. The predicted molar refractivity (Wildman–Crippen MR) is 94.1 cm³/mol. The highest BCUT2D eigenvalue weighted by Crippen LogP contribution is 2.19. The molecule has 0 fully saturated rings. The molecule has 0 atom stereocenters. The number of nitrogens with zero attached hydrogens (tertiary/aromatic N) is 1. The summed E-state index contributed by atoms with van der Waals surface area (Å²) in [5.41, 5.74) is 1.07. The quantitative estimate of drug-likeness (QED) is 0.840. The molecule has 2 amide bonds. The molecule has 0 aliphatic carbocycles. The predicted octanol–water partition coefficient (Wildman–Crippen LogP) is 2.55. The molecule has 5 nitrogen and oxygen atoms in total. The van der Waals surface area contributed by atoms with Gasteiger partial charge in [0.25, 0.3) is 0 Å². The SMILES string of the molecule is COc1ccc(N(CCNC(=O)Cc2ccccc2F)C(C)=O)cc1. The fourth-order valence-electron chi connectivity index (χ4n) is 2.41. The molecule has 2 rings (SSSR count). The van der Waals surface area contributed by atoms with Crippen molar-refractivity contribution in [2.24, 2.45) is 0 Å². The average molecular weight is 344 g/mol. The Morgan fingerprint density at radius 2 is 1.80 bits per heavy atom. The fraction of sp³-hybridized carbons (Fsp3) is 0.263. The van der Waals surface area contributed by atoms with Gasteiger partial charge in [-0.15, -0.1) is 0 Å².